The van der Waals surface area contributed by atoms with Crippen LogP contribution in [0.3, 0.4) is 0 Å². The van der Waals surface area contributed by atoms with Gasteiger partial charge in [0.25, 0.3) is 0 Å². The van der Waals surface area contributed by atoms with E-state index < -0.39 is 5.41 Å². The Morgan fingerprint density at radius 3 is 2.50 bits per heavy atom. The number of halogens is 1. The first-order valence-electron chi connectivity index (χ1n) is 9.79. The summed E-state index contributed by atoms with van der Waals surface area (Å²) in [5, 5.41) is 3.14. The number of amides is 1. The molecule has 1 atom stereocenters. The van der Waals surface area contributed by atoms with Crippen molar-refractivity contribution in [3.8, 4) is 0 Å². The third kappa shape index (κ3) is 4.27. The molecule has 1 heterocycles. The van der Waals surface area contributed by atoms with Crippen LogP contribution in [0.15, 0.2) is 48.5 Å². The summed E-state index contributed by atoms with van der Waals surface area (Å²) in [5.41, 5.74) is 4.41. The Labute approximate surface area is 173 Å². The van der Waals surface area contributed by atoms with Crippen LogP contribution in [0.25, 0.3) is 0 Å². The predicted octanol–water partition coefficient (Wildman–Crippen LogP) is 4.24. The molecule has 1 unspecified atom stereocenters. The second-order valence-electron chi connectivity index (χ2n) is 8.30. The van der Waals surface area contributed by atoms with Gasteiger partial charge in [0, 0.05) is 44.4 Å². The summed E-state index contributed by atoms with van der Waals surface area (Å²) in [6, 6.07) is 17.2. The molecule has 2 aromatic rings. The number of anilines is 2. The minimum atomic E-state index is -0.580. The number of benzene rings is 2. The van der Waals surface area contributed by atoms with Gasteiger partial charge in [0.15, 0.2) is 0 Å². The van der Waals surface area contributed by atoms with Gasteiger partial charge in [0.1, 0.15) is 0 Å². The van der Waals surface area contributed by atoms with Gasteiger partial charge >= 0.3 is 0 Å². The second kappa shape index (κ2) is 8.44. The van der Waals surface area contributed by atoms with Gasteiger partial charge in [-0.2, -0.15) is 0 Å². The first kappa shape index (κ1) is 20.5. The molecule has 0 aliphatic carbocycles. The van der Waals surface area contributed by atoms with Crippen molar-refractivity contribution < 1.29 is 4.79 Å². The van der Waals surface area contributed by atoms with Crippen molar-refractivity contribution in [2.75, 3.05) is 42.9 Å². The van der Waals surface area contributed by atoms with Crippen molar-refractivity contribution in [2.24, 2.45) is 5.41 Å². The molecule has 150 valence electrons. The van der Waals surface area contributed by atoms with Crippen LogP contribution in [0.5, 0.6) is 0 Å². The molecule has 0 saturated carbocycles. The Hall–Kier alpha value is -2.20. The fourth-order valence-electron chi connectivity index (χ4n) is 3.58. The minimum absolute atomic E-state index is 0.00936. The van der Waals surface area contributed by atoms with E-state index in [0.717, 1.165) is 18.7 Å². The van der Waals surface area contributed by atoms with E-state index in [1.165, 1.54) is 16.8 Å². The van der Waals surface area contributed by atoms with Crippen molar-refractivity contribution in [3.63, 3.8) is 0 Å². The summed E-state index contributed by atoms with van der Waals surface area (Å²) in [6.07, 6.45) is 1.03. The Kier molecular flexibility index (Phi) is 6.19. The highest BCUT2D eigenvalue weighted by atomic mass is 35.5. The smallest absolute Gasteiger partial charge is 0.226 e. The average Bonchev–Trinajstić information content (AvgIpc) is 3.12. The summed E-state index contributed by atoms with van der Waals surface area (Å²) >= 11 is 5.99. The van der Waals surface area contributed by atoms with Gasteiger partial charge in [-0.05, 0) is 49.6 Å². The maximum absolute atomic E-state index is 12.6. The van der Waals surface area contributed by atoms with Crippen LogP contribution < -0.4 is 15.1 Å². The molecular weight excluding hydrogens is 370 g/mol. The van der Waals surface area contributed by atoms with E-state index in [9.17, 15) is 4.79 Å². The standard InChI is InChI=1S/C23H30ClN3O/c1-23(2,16-24)22(28)25-15-21(18-9-11-19(12-10-18)26(3)4)27-14-13-17-7-5-6-8-20(17)27/h5-12,21H,13-16H2,1-4H3,(H,25,28). The number of carbonyl (C=O) groups excluding carboxylic acids is 1. The molecule has 1 amide bonds. The Balaban J connectivity index is 1.87. The third-order valence-corrected chi connectivity index (χ3v) is 6.17. The van der Waals surface area contributed by atoms with Crippen molar-refractivity contribution in [3.05, 3.63) is 59.7 Å². The lowest BCUT2D eigenvalue weighted by Gasteiger charge is -2.32. The highest BCUT2D eigenvalue weighted by Crippen LogP contribution is 2.35. The average molecular weight is 400 g/mol. The van der Waals surface area contributed by atoms with Crippen molar-refractivity contribution >= 4 is 28.9 Å². The summed E-state index contributed by atoms with van der Waals surface area (Å²) in [6.45, 7) is 5.26. The summed E-state index contributed by atoms with van der Waals surface area (Å²) in [7, 11) is 4.08. The monoisotopic (exact) mass is 399 g/mol. The molecule has 1 aliphatic heterocycles. The number of nitrogens with one attached hydrogen (secondary N) is 1. The van der Waals surface area contributed by atoms with Crippen LogP contribution in [0.4, 0.5) is 11.4 Å². The largest absolute Gasteiger partial charge is 0.378 e. The van der Waals surface area contributed by atoms with Gasteiger partial charge in [0.05, 0.1) is 11.5 Å². The van der Waals surface area contributed by atoms with Crippen molar-refractivity contribution in [1.29, 1.82) is 0 Å². The molecular formula is C23H30ClN3O. The zero-order chi connectivity index (χ0) is 20.3. The number of hydrogen-bond donors (Lipinski definition) is 1. The second-order valence-corrected chi connectivity index (χ2v) is 8.57. The number of nitrogens with zero attached hydrogens (tertiary/aromatic N) is 2. The molecule has 0 saturated heterocycles. The lowest BCUT2D eigenvalue weighted by Crippen LogP contribution is -2.43. The molecule has 4 nitrogen and oxygen atoms in total. The number of fused-ring (bicyclic) bond motifs is 1. The van der Waals surface area contributed by atoms with Crippen LogP contribution in [0.1, 0.15) is 31.0 Å². The first-order chi connectivity index (χ1) is 13.3. The van der Waals surface area contributed by atoms with Gasteiger partial charge < -0.3 is 15.1 Å². The molecule has 28 heavy (non-hydrogen) atoms. The van der Waals surface area contributed by atoms with Gasteiger partial charge in [-0.3, -0.25) is 4.79 Å². The van der Waals surface area contributed by atoms with Gasteiger partial charge in [-0.1, -0.05) is 30.3 Å². The Morgan fingerprint density at radius 1 is 1.18 bits per heavy atom. The topological polar surface area (TPSA) is 35.6 Å². The summed E-state index contributed by atoms with van der Waals surface area (Å²) in [5.74, 6) is 0.290. The van der Waals surface area contributed by atoms with E-state index in [-0.39, 0.29) is 11.9 Å². The minimum Gasteiger partial charge on any atom is -0.378 e. The molecule has 0 fully saturated rings. The summed E-state index contributed by atoms with van der Waals surface area (Å²) in [4.78, 5) is 17.1. The highest BCUT2D eigenvalue weighted by Gasteiger charge is 2.30. The zero-order valence-corrected chi connectivity index (χ0v) is 18.0. The van der Waals surface area contributed by atoms with E-state index in [4.69, 9.17) is 11.6 Å². The van der Waals surface area contributed by atoms with Crippen LogP contribution in [0, 0.1) is 5.41 Å². The van der Waals surface area contributed by atoms with Crippen LogP contribution >= 0.6 is 11.6 Å². The number of alkyl halides is 1. The first-order valence-corrected chi connectivity index (χ1v) is 10.3. The molecule has 0 aromatic heterocycles. The molecule has 0 radical (unpaired) electrons. The molecule has 5 heteroatoms. The molecule has 2 aromatic carbocycles. The number of carbonyl (C=O) groups is 1. The highest BCUT2D eigenvalue weighted by molar-refractivity contribution is 6.19. The van der Waals surface area contributed by atoms with Crippen LogP contribution in [-0.2, 0) is 11.2 Å². The van der Waals surface area contributed by atoms with Gasteiger partial charge in [-0.25, -0.2) is 0 Å². The quantitative estimate of drug-likeness (QED) is 0.707. The predicted molar refractivity (Wildman–Crippen MR) is 119 cm³/mol. The van der Waals surface area contributed by atoms with Crippen molar-refractivity contribution in [1.82, 2.24) is 5.32 Å². The lowest BCUT2D eigenvalue weighted by molar-refractivity contribution is -0.128. The fourth-order valence-corrected chi connectivity index (χ4v) is 3.70. The van der Waals surface area contributed by atoms with E-state index in [1.54, 1.807) is 0 Å². The maximum atomic E-state index is 12.6. The third-order valence-electron chi connectivity index (χ3n) is 5.50. The van der Waals surface area contributed by atoms with Gasteiger partial charge in [0.2, 0.25) is 5.91 Å². The fraction of sp³-hybridized carbons (Fsp3) is 0.435. The molecule has 0 bridgehead atoms. The Morgan fingerprint density at radius 2 is 1.86 bits per heavy atom. The van der Waals surface area contributed by atoms with Gasteiger partial charge in [-0.15, -0.1) is 11.6 Å². The van der Waals surface area contributed by atoms with E-state index in [2.05, 4.69) is 63.6 Å². The summed E-state index contributed by atoms with van der Waals surface area (Å²) < 4.78 is 0. The molecule has 3 rings (SSSR count). The lowest BCUT2D eigenvalue weighted by atomic mass is 9.95. The van der Waals surface area contributed by atoms with Crippen molar-refractivity contribution in [2.45, 2.75) is 26.3 Å². The van der Waals surface area contributed by atoms with E-state index in [1.807, 2.05) is 27.9 Å². The SMILES string of the molecule is CN(C)c1ccc(C(CNC(=O)C(C)(C)CCl)N2CCc3ccccc32)cc1. The van der Waals surface area contributed by atoms with E-state index in [0.29, 0.717) is 12.4 Å². The maximum Gasteiger partial charge on any atom is 0.226 e. The Bertz CT molecular complexity index is 817. The zero-order valence-electron chi connectivity index (χ0n) is 17.2. The number of hydrogen-bond acceptors (Lipinski definition) is 3. The number of para-hydroxylation sites is 1. The van der Waals surface area contributed by atoms with Crippen LogP contribution in [0.2, 0.25) is 0 Å². The van der Waals surface area contributed by atoms with Crippen LogP contribution in [-0.4, -0.2) is 39.0 Å². The normalized spacial score (nSPS) is 14.5. The molecule has 0 spiro atoms. The molecule has 1 aliphatic rings. The number of rotatable bonds is 7. The van der Waals surface area contributed by atoms with E-state index >= 15 is 0 Å². The molecule has 1 N–H and O–H groups in total.